The molecule has 0 bridgehead atoms. The SMILES string of the molecule is CCOCC[N+](C)(C)C(=O)c1cnc(NCc2ccc(Cl)cc2Cl)nc1C(F)(F)F. The molecule has 0 aliphatic heterocycles. The van der Waals surface area contributed by atoms with E-state index >= 15 is 0 Å². The van der Waals surface area contributed by atoms with Crippen molar-refractivity contribution in [1.82, 2.24) is 9.97 Å². The Kier molecular flexibility index (Phi) is 8.04. The second kappa shape index (κ2) is 9.91. The number of ether oxygens (including phenoxy) is 1. The number of quaternary nitrogens is 1. The molecular weight excluding hydrogens is 444 g/mol. The molecule has 1 N–H and O–H groups in total. The molecule has 0 aliphatic rings. The summed E-state index contributed by atoms with van der Waals surface area (Å²) in [7, 11) is 3.02. The fourth-order valence-electron chi connectivity index (χ4n) is 2.54. The van der Waals surface area contributed by atoms with Gasteiger partial charge in [0.25, 0.3) is 0 Å². The molecule has 6 nitrogen and oxygen atoms in total. The van der Waals surface area contributed by atoms with E-state index in [1.165, 1.54) is 20.2 Å². The lowest BCUT2D eigenvalue weighted by Gasteiger charge is -2.27. The van der Waals surface area contributed by atoms with Crippen LogP contribution in [-0.2, 0) is 17.5 Å². The van der Waals surface area contributed by atoms with E-state index in [2.05, 4.69) is 15.3 Å². The van der Waals surface area contributed by atoms with Crippen molar-refractivity contribution in [2.75, 3.05) is 39.2 Å². The lowest BCUT2D eigenvalue weighted by molar-refractivity contribution is -0.808. The van der Waals surface area contributed by atoms with Crippen LogP contribution in [0.15, 0.2) is 24.4 Å². The number of likely N-dealkylation sites (N-methyl/N-ethyl adjacent to an activating group) is 1. The highest BCUT2D eigenvalue weighted by molar-refractivity contribution is 6.35. The number of aromatic nitrogens is 2. The van der Waals surface area contributed by atoms with Crippen LogP contribution in [0.1, 0.15) is 28.5 Å². The maximum absolute atomic E-state index is 13.6. The van der Waals surface area contributed by atoms with Gasteiger partial charge in [0.05, 0.1) is 26.9 Å². The standard InChI is InChI=1S/C19H21Cl2F3N4O2/c1-4-30-8-7-28(2,3)17(29)14-11-26-18(27-16(14)19(22,23)24)25-10-12-5-6-13(20)9-15(12)21/h5-6,9,11H,4,7-8,10H2,1-3H3/p+1. The summed E-state index contributed by atoms with van der Waals surface area (Å²) in [6.45, 7) is 2.76. The number of carbonyl (C=O) groups excluding carboxylic acids is 1. The summed E-state index contributed by atoms with van der Waals surface area (Å²) < 4.78 is 45.7. The minimum atomic E-state index is -4.83. The van der Waals surface area contributed by atoms with Crippen LogP contribution in [0.3, 0.4) is 0 Å². The van der Waals surface area contributed by atoms with Crippen LogP contribution in [0, 0.1) is 0 Å². The summed E-state index contributed by atoms with van der Waals surface area (Å²) in [5.74, 6) is -1.03. The third kappa shape index (κ3) is 6.28. The Morgan fingerprint density at radius 2 is 1.97 bits per heavy atom. The van der Waals surface area contributed by atoms with E-state index < -0.39 is 23.3 Å². The van der Waals surface area contributed by atoms with Crippen molar-refractivity contribution in [2.45, 2.75) is 19.6 Å². The van der Waals surface area contributed by atoms with E-state index in [4.69, 9.17) is 27.9 Å². The first-order chi connectivity index (χ1) is 14.0. The van der Waals surface area contributed by atoms with Gasteiger partial charge in [0.1, 0.15) is 12.1 Å². The monoisotopic (exact) mass is 465 g/mol. The smallest absolute Gasteiger partial charge is 0.376 e. The van der Waals surface area contributed by atoms with Crippen LogP contribution in [-0.4, -0.2) is 54.2 Å². The largest absolute Gasteiger partial charge is 0.434 e. The molecule has 0 atom stereocenters. The van der Waals surface area contributed by atoms with Gasteiger partial charge in [-0.1, -0.05) is 29.3 Å². The average molecular weight is 466 g/mol. The van der Waals surface area contributed by atoms with Crippen LogP contribution in [0.5, 0.6) is 0 Å². The Hall–Kier alpha value is -1.94. The Morgan fingerprint density at radius 1 is 1.27 bits per heavy atom. The first-order valence-corrected chi connectivity index (χ1v) is 9.79. The van der Waals surface area contributed by atoms with Crippen LogP contribution < -0.4 is 5.32 Å². The van der Waals surface area contributed by atoms with Gasteiger partial charge < -0.3 is 10.1 Å². The number of nitrogens with one attached hydrogen (secondary N) is 1. The van der Waals surface area contributed by atoms with Gasteiger partial charge in [0.2, 0.25) is 5.95 Å². The Morgan fingerprint density at radius 3 is 2.57 bits per heavy atom. The summed E-state index contributed by atoms with van der Waals surface area (Å²) >= 11 is 11.9. The Bertz CT molecular complexity index is 908. The van der Waals surface area contributed by atoms with Gasteiger partial charge in [0.15, 0.2) is 5.69 Å². The van der Waals surface area contributed by atoms with Gasteiger partial charge in [-0.3, -0.25) is 4.48 Å². The number of alkyl halides is 3. The van der Waals surface area contributed by atoms with Crippen molar-refractivity contribution in [3.63, 3.8) is 0 Å². The molecule has 0 saturated heterocycles. The number of hydrogen-bond acceptors (Lipinski definition) is 5. The molecule has 1 aromatic carbocycles. The van der Waals surface area contributed by atoms with Crippen molar-refractivity contribution < 1.29 is 27.2 Å². The number of carbonyl (C=O) groups is 1. The number of halogens is 5. The summed E-state index contributed by atoms with van der Waals surface area (Å²) in [4.78, 5) is 20.2. The van der Waals surface area contributed by atoms with Crippen LogP contribution in [0.25, 0.3) is 0 Å². The van der Waals surface area contributed by atoms with E-state index in [1.54, 1.807) is 19.1 Å². The van der Waals surface area contributed by atoms with Gasteiger partial charge in [-0.05, 0) is 24.6 Å². The first kappa shape index (κ1) is 24.3. The van der Waals surface area contributed by atoms with Crippen LogP contribution in [0.2, 0.25) is 10.0 Å². The number of benzene rings is 1. The second-order valence-electron chi connectivity index (χ2n) is 6.95. The summed E-state index contributed by atoms with van der Waals surface area (Å²) in [5.41, 5.74) is -1.29. The van der Waals surface area contributed by atoms with E-state index in [9.17, 15) is 18.0 Å². The molecule has 2 aromatic rings. The molecule has 0 saturated carbocycles. The summed E-state index contributed by atoms with van der Waals surface area (Å²) in [6.07, 6.45) is -3.94. The molecule has 30 heavy (non-hydrogen) atoms. The number of hydrogen-bond donors (Lipinski definition) is 1. The molecule has 0 radical (unpaired) electrons. The predicted molar refractivity (Wildman–Crippen MR) is 109 cm³/mol. The minimum absolute atomic E-state index is 0.0799. The lowest BCUT2D eigenvalue weighted by atomic mass is 10.1. The van der Waals surface area contributed by atoms with E-state index in [0.717, 1.165) is 6.20 Å². The maximum Gasteiger partial charge on any atom is 0.434 e. The second-order valence-corrected chi connectivity index (χ2v) is 7.80. The van der Waals surface area contributed by atoms with Gasteiger partial charge >= 0.3 is 12.1 Å². The zero-order valence-corrected chi connectivity index (χ0v) is 18.2. The van der Waals surface area contributed by atoms with Gasteiger partial charge in [-0.15, -0.1) is 0 Å². The fraction of sp³-hybridized carbons (Fsp3) is 0.421. The third-order valence-electron chi connectivity index (χ3n) is 4.29. The number of rotatable bonds is 8. The molecule has 164 valence electrons. The van der Waals surface area contributed by atoms with Gasteiger partial charge in [-0.2, -0.15) is 13.2 Å². The number of nitrogens with zero attached hydrogens (tertiary/aromatic N) is 3. The average Bonchev–Trinajstić information content (AvgIpc) is 2.66. The molecule has 1 aromatic heterocycles. The molecular formula is C19H22Cl2F3N4O2+. The Balaban J connectivity index is 2.27. The highest BCUT2D eigenvalue weighted by atomic mass is 35.5. The zero-order chi connectivity index (χ0) is 22.5. The summed E-state index contributed by atoms with van der Waals surface area (Å²) in [5, 5.41) is 3.48. The van der Waals surface area contributed by atoms with Gasteiger partial charge in [-0.25, -0.2) is 14.8 Å². The van der Waals surface area contributed by atoms with Crippen molar-refractivity contribution in [3.8, 4) is 0 Å². The van der Waals surface area contributed by atoms with Gasteiger partial charge in [0, 0.05) is 23.2 Å². The van der Waals surface area contributed by atoms with E-state index in [-0.39, 0.29) is 30.1 Å². The highest BCUT2D eigenvalue weighted by Crippen LogP contribution is 2.32. The lowest BCUT2D eigenvalue weighted by Crippen LogP contribution is -2.48. The van der Waals surface area contributed by atoms with Crippen molar-refractivity contribution in [1.29, 1.82) is 0 Å². The van der Waals surface area contributed by atoms with Crippen molar-refractivity contribution in [3.05, 3.63) is 51.3 Å². The van der Waals surface area contributed by atoms with Crippen molar-refractivity contribution >= 4 is 35.1 Å². The molecule has 0 spiro atoms. The summed E-state index contributed by atoms with van der Waals surface area (Å²) in [6, 6.07) is 4.77. The maximum atomic E-state index is 13.6. The molecule has 11 heteroatoms. The normalized spacial score (nSPS) is 12.1. The van der Waals surface area contributed by atoms with Crippen molar-refractivity contribution in [2.24, 2.45) is 0 Å². The quantitative estimate of drug-likeness (QED) is 0.453. The topological polar surface area (TPSA) is 64.1 Å². The van der Waals surface area contributed by atoms with E-state index in [1.807, 2.05) is 0 Å². The highest BCUT2D eigenvalue weighted by Gasteiger charge is 2.42. The number of anilines is 1. The zero-order valence-electron chi connectivity index (χ0n) is 16.7. The first-order valence-electron chi connectivity index (χ1n) is 9.03. The number of amides is 1. The molecule has 0 fully saturated rings. The molecule has 0 unspecified atom stereocenters. The minimum Gasteiger partial charge on any atom is -0.376 e. The predicted octanol–water partition coefficient (Wildman–Crippen LogP) is 4.67. The fourth-order valence-corrected chi connectivity index (χ4v) is 3.02. The molecule has 2 rings (SSSR count). The van der Waals surface area contributed by atoms with Crippen LogP contribution in [0.4, 0.5) is 19.1 Å². The molecule has 0 aliphatic carbocycles. The van der Waals surface area contributed by atoms with E-state index in [0.29, 0.717) is 22.2 Å². The third-order valence-corrected chi connectivity index (χ3v) is 4.88. The Labute approximate surface area is 182 Å². The van der Waals surface area contributed by atoms with Crippen LogP contribution >= 0.6 is 23.2 Å². The molecule has 1 heterocycles. The molecule has 1 amide bonds.